The summed E-state index contributed by atoms with van der Waals surface area (Å²) in [6.07, 6.45) is 1.25. The smallest absolute Gasteiger partial charge is 0.353 e. The highest BCUT2D eigenvalue weighted by Gasteiger charge is 2.05. The van der Waals surface area contributed by atoms with E-state index in [2.05, 4.69) is 22.1 Å². The van der Waals surface area contributed by atoms with Crippen molar-refractivity contribution < 1.29 is 4.73 Å². The third-order valence-electron chi connectivity index (χ3n) is 2.89. The van der Waals surface area contributed by atoms with Crippen molar-refractivity contribution in [3.8, 4) is 0 Å². The zero-order chi connectivity index (χ0) is 14.5. The van der Waals surface area contributed by atoms with Gasteiger partial charge in [-0.05, 0) is 42.4 Å². The molecule has 2 aromatic rings. The normalized spacial score (nSPS) is 10.9. The summed E-state index contributed by atoms with van der Waals surface area (Å²) in [7, 11) is 2.02. The van der Waals surface area contributed by atoms with Crippen LogP contribution in [0.2, 0.25) is 5.02 Å². The molecule has 0 saturated heterocycles. The van der Waals surface area contributed by atoms with Crippen LogP contribution in [0.1, 0.15) is 6.92 Å². The molecule has 1 aromatic carbocycles. The predicted molar refractivity (Wildman–Crippen MR) is 80.0 cm³/mol. The fraction of sp³-hybridized carbons (Fsp3) is 0.214. The van der Waals surface area contributed by atoms with Crippen molar-refractivity contribution in [2.24, 2.45) is 10.2 Å². The van der Waals surface area contributed by atoms with Crippen LogP contribution in [0.3, 0.4) is 0 Å². The largest absolute Gasteiger partial charge is 0.710 e. The number of hydrogen-bond acceptors (Lipinski definition) is 4. The fourth-order valence-corrected chi connectivity index (χ4v) is 1.74. The van der Waals surface area contributed by atoms with E-state index in [0.29, 0.717) is 15.4 Å². The molecule has 0 fully saturated rings. The van der Waals surface area contributed by atoms with Gasteiger partial charge in [0, 0.05) is 25.3 Å². The van der Waals surface area contributed by atoms with Crippen molar-refractivity contribution in [2.75, 3.05) is 18.5 Å². The first-order valence-electron chi connectivity index (χ1n) is 6.22. The number of rotatable bonds is 4. The van der Waals surface area contributed by atoms with E-state index < -0.39 is 0 Å². The van der Waals surface area contributed by atoms with Crippen molar-refractivity contribution in [3.05, 3.63) is 52.8 Å². The molecule has 0 N–H and O–H groups in total. The second-order valence-electron chi connectivity index (χ2n) is 4.26. The Morgan fingerprint density at radius 1 is 1.15 bits per heavy atom. The first-order chi connectivity index (χ1) is 9.60. The van der Waals surface area contributed by atoms with Crippen LogP contribution in [0.25, 0.3) is 0 Å². The van der Waals surface area contributed by atoms with Crippen LogP contribution in [-0.4, -0.2) is 13.6 Å². The molecule has 1 heterocycles. The van der Waals surface area contributed by atoms with E-state index >= 15 is 0 Å². The average molecular weight is 291 g/mol. The number of aromatic nitrogens is 1. The van der Waals surface area contributed by atoms with E-state index in [4.69, 9.17) is 11.6 Å². The van der Waals surface area contributed by atoms with E-state index in [-0.39, 0.29) is 5.82 Å². The van der Waals surface area contributed by atoms with Crippen LogP contribution in [0.15, 0.2) is 52.8 Å². The van der Waals surface area contributed by atoms with Gasteiger partial charge in [0.1, 0.15) is 11.9 Å². The summed E-state index contributed by atoms with van der Waals surface area (Å²) in [5.41, 5.74) is 1.80. The van der Waals surface area contributed by atoms with E-state index in [1.807, 2.05) is 31.3 Å². The molecule has 2 rings (SSSR count). The molecule has 0 aliphatic carbocycles. The fourth-order valence-electron chi connectivity index (χ4n) is 1.59. The van der Waals surface area contributed by atoms with Gasteiger partial charge in [0.05, 0.1) is 10.1 Å². The van der Waals surface area contributed by atoms with E-state index in [9.17, 15) is 5.21 Å². The van der Waals surface area contributed by atoms with Crippen molar-refractivity contribution >= 4 is 28.8 Å². The van der Waals surface area contributed by atoms with Crippen LogP contribution >= 0.6 is 11.6 Å². The molecule has 0 aliphatic rings. The first kappa shape index (κ1) is 14.3. The van der Waals surface area contributed by atoms with Gasteiger partial charge < -0.3 is 10.1 Å². The highest BCUT2D eigenvalue weighted by atomic mass is 35.5. The molecular formula is C14H15ClN4O. The van der Waals surface area contributed by atoms with Crippen molar-refractivity contribution in [1.29, 1.82) is 0 Å². The average Bonchev–Trinajstić information content (AvgIpc) is 2.46. The lowest BCUT2D eigenvalue weighted by Gasteiger charge is -2.15. The molecule has 0 spiro atoms. The Labute approximate surface area is 122 Å². The minimum atomic E-state index is 0.198. The lowest BCUT2D eigenvalue weighted by Crippen LogP contribution is -2.25. The van der Waals surface area contributed by atoms with Gasteiger partial charge in [-0.1, -0.05) is 11.6 Å². The number of halogens is 1. The molecule has 0 radical (unpaired) electrons. The SMILES string of the molecule is CCN(C)c1ccc(N=Nc2ccc(Cl)c[n+]2[O-])cc1. The van der Waals surface area contributed by atoms with Crippen LogP contribution in [0.4, 0.5) is 17.2 Å². The van der Waals surface area contributed by atoms with Gasteiger partial charge in [-0.25, -0.2) is 4.73 Å². The molecule has 0 unspecified atom stereocenters. The topological polar surface area (TPSA) is 54.9 Å². The number of anilines is 1. The molecule has 0 amide bonds. The van der Waals surface area contributed by atoms with Gasteiger partial charge >= 0.3 is 5.82 Å². The zero-order valence-electron chi connectivity index (χ0n) is 11.3. The minimum absolute atomic E-state index is 0.198. The molecular weight excluding hydrogens is 276 g/mol. The maximum Gasteiger partial charge on any atom is 0.353 e. The van der Waals surface area contributed by atoms with Gasteiger partial charge in [0.15, 0.2) is 0 Å². The lowest BCUT2D eigenvalue weighted by molar-refractivity contribution is -0.591. The molecule has 1 aromatic heterocycles. The summed E-state index contributed by atoms with van der Waals surface area (Å²) >= 11 is 5.70. The third kappa shape index (κ3) is 3.45. The summed E-state index contributed by atoms with van der Waals surface area (Å²) in [6, 6.07) is 10.8. The van der Waals surface area contributed by atoms with Crippen LogP contribution in [0, 0.1) is 5.21 Å². The number of benzene rings is 1. The quantitative estimate of drug-likeness (QED) is 0.488. The van der Waals surface area contributed by atoms with Crippen LogP contribution in [0.5, 0.6) is 0 Å². The Balaban J connectivity index is 2.15. The number of hydrogen-bond donors (Lipinski definition) is 0. The Kier molecular flexibility index (Phi) is 4.53. The summed E-state index contributed by atoms with van der Waals surface area (Å²) in [4.78, 5) is 2.12. The highest BCUT2D eigenvalue weighted by Crippen LogP contribution is 2.20. The molecule has 6 heteroatoms. The maximum absolute atomic E-state index is 11.5. The molecule has 20 heavy (non-hydrogen) atoms. The summed E-state index contributed by atoms with van der Waals surface area (Å²) in [5.74, 6) is 0.198. The molecule has 0 atom stereocenters. The number of pyridine rings is 1. The standard InChI is InChI=1S/C14H15ClN4O/c1-3-18(2)13-7-5-12(6-8-13)16-17-14-9-4-11(15)10-19(14)20/h4-10H,3H2,1-2H3. The van der Waals surface area contributed by atoms with Crippen LogP contribution in [-0.2, 0) is 0 Å². The predicted octanol–water partition coefficient (Wildman–Crippen LogP) is 3.84. The van der Waals surface area contributed by atoms with Gasteiger partial charge in [0.2, 0.25) is 0 Å². The summed E-state index contributed by atoms with van der Waals surface area (Å²) in [6.45, 7) is 3.02. The van der Waals surface area contributed by atoms with E-state index in [0.717, 1.165) is 12.2 Å². The lowest BCUT2D eigenvalue weighted by atomic mass is 10.2. The molecule has 5 nitrogen and oxygen atoms in total. The Hall–Kier alpha value is -2.14. The molecule has 104 valence electrons. The Bertz CT molecular complexity index is 613. The summed E-state index contributed by atoms with van der Waals surface area (Å²) in [5, 5.41) is 19.8. The zero-order valence-corrected chi connectivity index (χ0v) is 12.1. The van der Waals surface area contributed by atoms with Gasteiger partial charge in [-0.2, -0.15) is 0 Å². The summed E-state index contributed by atoms with van der Waals surface area (Å²) < 4.78 is 0.588. The van der Waals surface area contributed by atoms with E-state index in [1.54, 1.807) is 6.07 Å². The van der Waals surface area contributed by atoms with Crippen molar-refractivity contribution in [2.45, 2.75) is 6.92 Å². The Morgan fingerprint density at radius 2 is 1.85 bits per heavy atom. The maximum atomic E-state index is 11.5. The minimum Gasteiger partial charge on any atom is -0.710 e. The Morgan fingerprint density at radius 3 is 2.45 bits per heavy atom. The number of azo groups is 1. The van der Waals surface area contributed by atoms with Gasteiger partial charge in [-0.3, -0.25) is 0 Å². The number of nitrogens with zero attached hydrogens (tertiary/aromatic N) is 4. The highest BCUT2D eigenvalue weighted by molar-refractivity contribution is 6.30. The van der Waals surface area contributed by atoms with Crippen LogP contribution < -0.4 is 9.63 Å². The van der Waals surface area contributed by atoms with Gasteiger partial charge in [-0.15, -0.1) is 0 Å². The molecule has 0 aliphatic heterocycles. The third-order valence-corrected chi connectivity index (χ3v) is 3.11. The molecule has 0 saturated carbocycles. The first-order valence-corrected chi connectivity index (χ1v) is 6.59. The second kappa shape index (κ2) is 6.34. The van der Waals surface area contributed by atoms with Crippen molar-refractivity contribution in [1.82, 2.24) is 0 Å². The second-order valence-corrected chi connectivity index (χ2v) is 4.70. The monoisotopic (exact) mass is 290 g/mol. The van der Waals surface area contributed by atoms with Gasteiger partial charge in [0.25, 0.3) is 0 Å². The van der Waals surface area contributed by atoms with Crippen molar-refractivity contribution in [3.63, 3.8) is 0 Å². The van der Waals surface area contributed by atoms with E-state index in [1.165, 1.54) is 12.3 Å². The molecule has 0 bridgehead atoms.